The Kier molecular flexibility index (Phi) is 2.90. The number of carbonyl (C=O) groups excluding carboxylic acids is 2. The molecular formula is C17H14FNO2. The van der Waals surface area contributed by atoms with Crippen molar-refractivity contribution in [3.05, 3.63) is 64.0 Å². The van der Waals surface area contributed by atoms with Gasteiger partial charge in [0.2, 0.25) is 0 Å². The number of amides is 2. The van der Waals surface area contributed by atoms with Gasteiger partial charge in [-0.1, -0.05) is 23.8 Å². The monoisotopic (exact) mass is 283 g/mol. The van der Waals surface area contributed by atoms with Gasteiger partial charge in [0.25, 0.3) is 11.8 Å². The van der Waals surface area contributed by atoms with Gasteiger partial charge in [-0.15, -0.1) is 0 Å². The molecule has 1 aliphatic heterocycles. The molecule has 0 radical (unpaired) electrons. The maximum absolute atomic E-state index is 13.9. The van der Waals surface area contributed by atoms with Crippen LogP contribution in [0.3, 0.4) is 0 Å². The van der Waals surface area contributed by atoms with Crippen LogP contribution in [-0.2, 0) is 0 Å². The summed E-state index contributed by atoms with van der Waals surface area (Å²) in [5.41, 5.74) is 3.23. The molecule has 1 aliphatic rings. The van der Waals surface area contributed by atoms with Crippen LogP contribution in [0, 0.1) is 26.6 Å². The molecule has 0 aromatic heterocycles. The van der Waals surface area contributed by atoms with E-state index < -0.39 is 17.6 Å². The van der Waals surface area contributed by atoms with Crippen LogP contribution < -0.4 is 4.90 Å². The first-order valence-electron chi connectivity index (χ1n) is 6.67. The van der Waals surface area contributed by atoms with E-state index in [4.69, 9.17) is 0 Å². The third-order valence-electron chi connectivity index (χ3n) is 3.72. The van der Waals surface area contributed by atoms with Crippen LogP contribution >= 0.6 is 0 Å². The van der Waals surface area contributed by atoms with Crippen LogP contribution in [0.25, 0.3) is 0 Å². The van der Waals surface area contributed by atoms with Crippen LogP contribution in [0.1, 0.15) is 37.4 Å². The van der Waals surface area contributed by atoms with Crippen LogP contribution in [0.2, 0.25) is 0 Å². The molecule has 1 heterocycles. The number of benzene rings is 2. The van der Waals surface area contributed by atoms with E-state index in [-0.39, 0.29) is 11.1 Å². The summed E-state index contributed by atoms with van der Waals surface area (Å²) < 4.78 is 13.9. The summed E-state index contributed by atoms with van der Waals surface area (Å²) in [4.78, 5) is 26.1. The molecule has 2 amide bonds. The van der Waals surface area contributed by atoms with E-state index in [1.807, 2.05) is 32.9 Å². The van der Waals surface area contributed by atoms with Gasteiger partial charge >= 0.3 is 0 Å². The zero-order valence-corrected chi connectivity index (χ0v) is 12.0. The SMILES string of the molecule is Cc1cc(C)c(N2C(=O)c3cccc(F)c3C2=O)c(C)c1. The Hall–Kier alpha value is -2.49. The zero-order chi connectivity index (χ0) is 15.3. The standard InChI is InChI=1S/C17H14FNO2/c1-9-7-10(2)15(11(3)8-9)19-16(20)12-5-4-6-13(18)14(12)17(19)21/h4-8H,1-3H3. The Labute approximate surface area is 122 Å². The number of aryl methyl sites for hydroxylation is 3. The summed E-state index contributed by atoms with van der Waals surface area (Å²) in [7, 11) is 0. The largest absolute Gasteiger partial charge is 0.269 e. The van der Waals surface area contributed by atoms with E-state index in [1.54, 1.807) is 0 Å². The topological polar surface area (TPSA) is 37.4 Å². The zero-order valence-electron chi connectivity index (χ0n) is 12.0. The second-order valence-corrected chi connectivity index (χ2v) is 5.36. The minimum atomic E-state index is -0.657. The number of anilines is 1. The average Bonchev–Trinajstić information content (AvgIpc) is 2.64. The van der Waals surface area contributed by atoms with Crippen molar-refractivity contribution in [3.63, 3.8) is 0 Å². The number of imide groups is 1. The van der Waals surface area contributed by atoms with E-state index in [2.05, 4.69) is 0 Å². The number of hydrogen-bond acceptors (Lipinski definition) is 2. The van der Waals surface area contributed by atoms with Crippen molar-refractivity contribution in [2.24, 2.45) is 0 Å². The van der Waals surface area contributed by atoms with Crippen LogP contribution in [0.15, 0.2) is 30.3 Å². The Morgan fingerprint density at radius 2 is 1.57 bits per heavy atom. The maximum atomic E-state index is 13.9. The number of carbonyl (C=O) groups is 2. The van der Waals surface area contributed by atoms with Gasteiger partial charge in [0.05, 0.1) is 16.8 Å². The summed E-state index contributed by atoms with van der Waals surface area (Å²) in [6, 6.07) is 7.93. The number of fused-ring (bicyclic) bond motifs is 1. The van der Waals surface area contributed by atoms with Crippen LogP contribution in [0.5, 0.6) is 0 Å². The van der Waals surface area contributed by atoms with Gasteiger partial charge in [0.15, 0.2) is 0 Å². The first-order valence-corrected chi connectivity index (χ1v) is 6.67. The second-order valence-electron chi connectivity index (χ2n) is 5.36. The summed E-state index contributed by atoms with van der Waals surface area (Å²) >= 11 is 0. The summed E-state index contributed by atoms with van der Waals surface area (Å²) in [6.45, 7) is 5.64. The predicted molar refractivity (Wildman–Crippen MR) is 78.2 cm³/mol. The van der Waals surface area contributed by atoms with E-state index >= 15 is 0 Å². The molecule has 21 heavy (non-hydrogen) atoms. The smallest absolute Gasteiger partial charge is 0.268 e. The third-order valence-corrected chi connectivity index (χ3v) is 3.72. The molecule has 0 atom stereocenters. The molecule has 2 aromatic rings. The number of hydrogen-bond donors (Lipinski definition) is 0. The molecule has 3 rings (SSSR count). The van der Waals surface area contributed by atoms with Crippen molar-refractivity contribution >= 4 is 17.5 Å². The van der Waals surface area contributed by atoms with Gasteiger partial charge in [0, 0.05) is 0 Å². The van der Waals surface area contributed by atoms with E-state index in [9.17, 15) is 14.0 Å². The molecule has 0 saturated carbocycles. The second kappa shape index (κ2) is 4.52. The number of halogens is 1. The predicted octanol–water partition coefficient (Wildman–Crippen LogP) is 3.55. The molecule has 0 saturated heterocycles. The first kappa shape index (κ1) is 13.5. The van der Waals surface area contributed by atoms with Crippen molar-refractivity contribution in [3.8, 4) is 0 Å². The molecule has 0 spiro atoms. The third kappa shape index (κ3) is 1.87. The van der Waals surface area contributed by atoms with Gasteiger partial charge in [0.1, 0.15) is 5.82 Å². The fraction of sp³-hybridized carbons (Fsp3) is 0.176. The molecule has 0 bridgehead atoms. The van der Waals surface area contributed by atoms with E-state index in [1.165, 1.54) is 18.2 Å². The average molecular weight is 283 g/mol. The van der Waals surface area contributed by atoms with Crippen molar-refractivity contribution in [2.45, 2.75) is 20.8 Å². The summed E-state index contributed by atoms with van der Waals surface area (Å²) in [5, 5.41) is 0. The molecule has 0 fully saturated rings. The summed E-state index contributed by atoms with van der Waals surface area (Å²) in [6.07, 6.45) is 0. The molecule has 0 aliphatic carbocycles. The highest BCUT2D eigenvalue weighted by Gasteiger charge is 2.39. The lowest BCUT2D eigenvalue weighted by molar-refractivity contribution is 0.0924. The van der Waals surface area contributed by atoms with Gasteiger partial charge in [-0.05, 0) is 44.0 Å². The molecular weight excluding hydrogens is 269 g/mol. The van der Waals surface area contributed by atoms with Gasteiger partial charge in [-0.3, -0.25) is 9.59 Å². The molecule has 4 heteroatoms. The maximum Gasteiger partial charge on any atom is 0.269 e. The molecule has 0 unspecified atom stereocenters. The van der Waals surface area contributed by atoms with E-state index in [0.717, 1.165) is 21.6 Å². The van der Waals surface area contributed by atoms with E-state index in [0.29, 0.717) is 5.69 Å². The normalized spacial score (nSPS) is 13.8. The number of rotatable bonds is 1. The van der Waals surface area contributed by atoms with Gasteiger partial charge in [-0.2, -0.15) is 0 Å². The van der Waals surface area contributed by atoms with Gasteiger partial charge < -0.3 is 0 Å². The molecule has 106 valence electrons. The lowest BCUT2D eigenvalue weighted by Gasteiger charge is -2.20. The lowest BCUT2D eigenvalue weighted by atomic mass is 10.0. The highest BCUT2D eigenvalue weighted by atomic mass is 19.1. The molecule has 2 aromatic carbocycles. The van der Waals surface area contributed by atoms with Crippen molar-refractivity contribution in [1.82, 2.24) is 0 Å². The highest BCUT2D eigenvalue weighted by Crippen LogP contribution is 2.34. The Balaban J connectivity index is 2.22. The molecule has 0 N–H and O–H groups in total. The minimum Gasteiger partial charge on any atom is -0.268 e. The number of nitrogens with zero attached hydrogens (tertiary/aromatic N) is 1. The fourth-order valence-electron chi connectivity index (χ4n) is 2.97. The lowest BCUT2D eigenvalue weighted by Crippen LogP contribution is -2.31. The fourth-order valence-corrected chi connectivity index (χ4v) is 2.97. The van der Waals surface area contributed by atoms with Crippen LogP contribution in [-0.4, -0.2) is 11.8 Å². The van der Waals surface area contributed by atoms with Gasteiger partial charge in [-0.25, -0.2) is 9.29 Å². The van der Waals surface area contributed by atoms with Crippen molar-refractivity contribution < 1.29 is 14.0 Å². The Morgan fingerprint density at radius 1 is 0.952 bits per heavy atom. The Bertz CT molecular complexity index is 772. The van der Waals surface area contributed by atoms with Crippen molar-refractivity contribution in [1.29, 1.82) is 0 Å². The van der Waals surface area contributed by atoms with Crippen LogP contribution in [0.4, 0.5) is 10.1 Å². The van der Waals surface area contributed by atoms with Crippen molar-refractivity contribution in [2.75, 3.05) is 4.90 Å². The Morgan fingerprint density at radius 3 is 2.14 bits per heavy atom. The minimum absolute atomic E-state index is 0.124. The molecule has 3 nitrogen and oxygen atoms in total. The highest BCUT2D eigenvalue weighted by molar-refractivity contribution is 6.34. The first-order chi connectivity index (χ1) is 9.91. The summed E-state index contributed by atoms with van der Waals surface area (Å²) in [5.74, 6) is -1.72. The quantitative estimate of drug-likeness (QED) is 0.750.